The van der Waals surface area contributed by atoms with E-state index in [-0.39, 0.29) is 17.3 Å². The third-order valence-electron chi connectivity index (χ3n) is 8.15. The van der Waals surface area contributed by atoms with E-state index in [2.05, 4.69) is 32.9 Å². The summed E-state index contributed by atoms with van der Waals surface area (Å²) in [5, 5.41) is 0.837. The standard InChI is InChI=1S/C36H49BClNO5/c1-7-17-36(5)18-15-33(38)30(25-36)24-29-16-19-39(35(40)44-31(8-2)12-9-26(3)37)34(27(29)4)28-10-13-32(14-11-28)43-23-22-42-21-20-41-6/h8-15,25-26,34H,7,16-24H2,1-6H3. The van der Waals surface area contributed by atoms with Crippen LogP contribution < -0.4 is 4.74 Å². The molecule has 238 valence electrons. The van der Waals surface area contributed by atoms with Gasteiger partial charge in [0.1, 0.15) is 18.1 Å². The van der Waals surface area contributed by atoms with Gasteiger partial charge in [0.2, 0.25) is 0 Å². The van der Waals surface area contributed by atoms with Gasteiger partial charge < -0.3 is 18.9 Å². The van der Waals surface area contributed by atoms with Crippen molar-refractivity contribution in [3.8, 4) is 5.75 Å². The monoisotopic (exact) mass is 621 g/mol. The Labute approximate surface area is 271 Å². The second-order valence-corrected chi connectivity index (χ2v) is 12.3. The van der Waals surface area contributed by atoms with Gasteiger partial charge in [0, 0.05) is 18.7 Å². The molecule has 0 saturated heterocycles. The van der Waals surface area contributed by atoms with Crippen molar-refractivity contribution in [1.29, 1.82) is 0 Å². The summed E-state index contributed by atoms with van der Waals surface area (Å²) < 4.78 is 22.2. The minimum atomic E-state index is -0.394. The fourth-order valence-electron chi connectivity index (χ4n) is 5.78. The highest BCUT2D eigenvalue weighted by Crippen LogP contribution is 2.44. The van der Waals surface area contributed by atoms with Crippen molar-refractivity contribution in [2.45, 2.75) is 78.6 Å². The second kappa shape index (κ2) is 17.7. The molecule has 8 heteroatoms. The zero-order valence-corrected chi connectivity index (χ0v) is 28.1. The second-order valence-electron chi connectivity index (χ2n) is 11.9. The van der Waals surface area contributed by atoms with Crippen LogP contribution in [0.15, 0.2) is 82.2 Å². The lowest BCUT2D eigenvalue weighted by Gasteiger charge is -2.38. The lowest BCUT2D eigenvalue weighted by molar-refractivity contribution is 0.0544. The van der Waals surface area contributed by atoms with E-state index < -0.39 is 6.09 Å². The fourth-order valence-corrected chi connectivity index (χ4v) is 5.98. The van der Waals surface area contributed by atoms with Gasteiger partial charge in [-0.3, -0.25) is 4.90 Å². The first-order valence-corrected chi connectivity index (χ1v) is 16.1. The first-order chi connectivity index (χ1) is 21.1. The molecule has 1 aliphatic heterocycles. The maximum atomic E-state index is 13.6. The third kappa shape index (κ3) is 10.4. The Hall–Kier alpha value is -2.74. The van der Waals surface area contributed by atoms with Crippen molar-refractivity contribution < 1.29 is 23.7 Å². The molecule has 0 fully saturated rings. The van der Waals surface area contributed by atoms with Crippen LogP contribution >= 0.6 is 11.6 Å². The number of hydrogen-bond acceptors (Lipinski definition) is 5. The van der Waals surface area contributed by atoms with Crippen LogP contribution in [0.2, 0.25) is 5.82 Å². The van der Waals surface area contributed by atoms with Gasteiger partial charge in [0.15, 0.2) is 0 Å². The normalized spacial score (nSPS) is 21.8. The van der Waals surface area contributed by atoms with E-state index in [9.17, 15) is 4.79 Å². The molecule has 1 aliphatic carbocycles. The predicted octanol–water partition coefficient (Wildman–Crippen LogP) is 9.01. The highest BCUT2D eigenvalue weighted by atomic mass is 35.5. The highest BCUT2D eigenvalue weighted by molar-refractivity contribution is 6.32. The number of carbonyl (C=O) groups excluding carboxylic acids is 1. The number of benzene rings is 1. The zero-order valence-electron chi connectivity index (χ0n) is 27.4. The van der Waals surface area contributed by atoms with Gasteiger partial charge in [0.25, 0.3) is 0 Å². The Kier molecular flexibility index (Phi) is 14.4. The molecule has 44 heavy (non-hydrogen) atoms. The zero-order chi connectivity index (χ0) is 32.1. The molecule has 0 aromatic heterocycles. The molecule has 0 saturated carbocycles. The Morgan fingerprint density at radius 1 is 1.20 bits per heavy atom. The van der Waals surface area contributed by atoms with Gasteiger partial charge in [-0.15, -0.1) is 0 Å². The first-order valence-electron chi connectivity index (χ1n) is 15.7. The Bertz CT molecular complexity index is 1250. The number of rotatable bonds is 15. The minimum absolute atomic E-state index is 0.114. The van der Waals surface area contributed by atoms with Crippen LogP contribution in [-0.4, -0.2) is 58.9 Å². The minimum Gasteiger partial charge on any atom is -0.491 e. The van der Waals surface area contributed by atoms with Crippen molar-refractivity contribution in [1.82, 2.24) is 4.90 Å². The largest absolute Gasteiger partial charge is 0.491 e. The lowest BCUT2D eigenvalue weighted by Crippen LogP contribution is -2.39. The van der Waals surface area contributed by atoms with E-state index >= 15 is 0 Å². The lowest BCUT2D eigenvalue weighted by atomic mass is 9.76. The molecule has 3 unspecified atom stereocenters. The number of methoxy groups -OCH3 is 1. The van der Waals surface area contributed by atoms with Gasteiger partial charge >= 0.3 is 6.09 Å². The first kappa shape index (κ1) is 35.7. The van der Waals surface area contributed by atoms with E-state index in [0.717, 1.165) is 54.0 Å². The van der Waals surface area contributed by atoms with Crippen LogP contribution in [0, 0.1) is 5.41 Å². The van der Waals surface area contributed by atoms with E-state index in [1.807, 2.05) is 49.1 Å². The van der Waals surface area contributed by atoms with Crippen LogP contribution in [0.3, 0.4) is 0 Å². The van der Waals surface area contributed by atoms with E-state index in [4.69, 9.17) is 38.4 Å². The summed E-state index contributed by atoms with van der Waals surface area (Å²) in [6.07, 6.45) is 14.2. The molecule has 1 heterocycles. The molecule has 1 aromatic carbocycles. The number of carbonyl (C=O) groups is 1. The predicted molar refractivity (Wildman–Crippen MR) is 180 cm³/mol. The Morgan fingerprint density at radius 2 is 1.93 bits per heavy atom. The number of hydrogen-bond donors (Lipinski definition) is 0. The SMILES string of the molecule is [B]C(C)C=CC(=CC)OC(=O)N1CCC(CC2=CC(C)(CCC)CC=C2Cl)=C(C)C1c1ccc(OCCOCCOC)cc1. The summed E-state index contributed by atoms with van der Waals surface area (Å²) in [6.45, 7) is 12.9. The summed E-state index contributed by atoms with van der Waals surface area (Å²) in [5.74, 6) is 1.06. The smallest absolute Gasteiger partial charge is 0.416 e. The van der Waals surface area contributed by atoms with Crippen LogP contribution in [0.5, 0.6) is 5.75 Å². The Balaban J connectivity index is 1.88. The van der Waals surface area contributed by atoms with Crippen molar-refractivity contribution >= 4 is 25.5 Å². The number of amides is 1. The van der Waals surface area contributed by atoms with Crippen molar-refractivity contribution in [2.75, 3.05) is 40.1 Å². The third-order valence-corrected chi connectivity index (χ3v) is 8.55. The number of halogens is 1. The summed E-state index contributed by atoms with van der Waals surface area (Å²) in [4.78, 5) is 15.5. The Morgan fingerprint density at radius 3 is 2.59 bits per heavy atom. The van der Waals surface area contributed by atoms with Crippen molar-refractivity contribution in [3.05, 3.63) is 87.7 Å². The topological polar surface area (TPSA) is 57.2 Å². The average Bonchev–Trinajstić information content (AvgIpc) is 3.00. The van der Waals surface area contributed by atoms with E-state index in [1.165, 1.54) is 11.1 Å². The summed E-state index contributed by atoms with van der Waals surface area (Å²) in [6, 6.07) is 7.64. The van der Waals surface area contributed by atoms with Crippen LogP contribution in [-0.2, 0) is 14.2 Å². The molecule has 2 radical (unpaired) electrons. The van der Waals surface area contributed by atoms with Crippen LogP contribution in [0.4, 0.5) is 4.79 Å². The maximum Gasteiger partial charge on any atom is 0.416 e. The quantitative estimate of drug-likeness (QED) is 0.0643. The van der Waals surface area contributed by atoms with Gasteiger partial charge in [-0.05, 0) is 85.9 Å². The molecule has 2 aliphatic rings. The maximum absolute atomic E-state index is 13.6. The van der Waals surface area contributed by atoms with Gasteiger partial charge in [-0.1, -0.05) is 80.5 Å². The molecular formula is C36H49BClNO5. The summed E-state index contributed by atoms with van der Waals surface area (Å²) >= 11 is 6.76. The van der Waals surface area contributed by atoms with Crippen LogP contribution in [0.25, 0.3) is 0 Å². The fraction of sp³-hybridized carbons (Fsp3) is 0.528. The molecule has 1 aromatic rings. The molecule has 3 rings (SSSR count). The highest BCUT2D eigenvalue weighted by Gasteiger charge is 2.34. The van der Waals surface area contributed by atoms with E-state index in [0.29, 0.717) is 38.7 Å². The molecule has 0 bridgehead atoms. The summed E-state index contributed by atoms with van der Waals surface area (Å²) in [7, 11) is 7.53. The van der Waals surface area contributed by atoms with Crippen molar-refractivity contribution in [2.24, 2.45) is 5.41 Å². The molecular weight excluding hydrogens is 573 g/mol. The van der Waals surface area contributed by atoms with Crippen molar-refractivity contribution in [3.63, 3.8) is 0 Å². The molecule has 0 spiro atoms. The average molecular weight is 622 g/mol. The molecule has 3 atom stereocenters. The van der Waals surface area contributed by atoms with Crippen LogP contribution in [0.1, 0.15) is 78.3 Å². The summed E-state index contributed by atoms with van der Waals surface area (Å²) in [5.41, 5.74) is 4.71. The molecule has 6 nitrogen and oxygen atoms in total. The van der Waals surface area contributed by atoms with Gasteiger partial charge in [0.05, 0.1) is 33.7 Å². The number of ether oxygens (including phenoxy) is 4. The number of allylic oxidation sites excluding steroid dienone is 7. The molecule has 1 amide bonds. The number of nitrogens with zero attached hydrogens (tertiary/aromatic N) is 1. The van der Waals surface area contributed by atoms with Gasteiger partial charge in [-0.25, -0.2) is 4.79 Å². The van der Waals surface area contributed by atoms with Gasteiger partial charge in [-0.2, -0.15) is 0 Å². The molecule has 0 N–H and O–H groups in total. The van der Waals surface area contributed by atoms with E-state index in [1.54, 1.807) is 19.3 Å².